The van der Waals surface area contributed by atoms with E-state index in [4.69, 9.17) is 18.5 Å². The summed E-state index contributed by atoms with van der Waals surface area (Å²) in [7, 11) is 5.74. The normalized spacial score (nSPS) is 11.1. The molecule has 0 N–H and O–H groups in total. The molecule has 0 aliphatic carbocycles. The van der Waals surface area contributed by atoms with E-state index in [0.717, 1.165) is 26.1 Å². The van der Waals surface area contributed by atoms with Crippen molar-refractivity contribution in [2.45, 2.75) is 75.7 Å². The first-order valence-corrected chi connectivity index (χ1v) is 11.9. The molecule has 21 heavy (non-hydrogen) atoms. The quantitative estimate of drug-likeness (QED) is 0.147. The number of hydrogen-bond donors (Lipinski definition) is 0. The fourth-order valence-corrected chi connectivity index (χ4v) is 2.95. The minimum Gasteiger partial charge on any atom is -0.355 e. The van der Waals surface area contributed by atoms with Crippen molar-refractivity contribution in [2.75, 3.05) is 20.0 Å². The third-order valence-electron chi connectivity index (χ3n) is 3.41. The van der Waals surface area contributed by atoms with Crippen LogP contribution in [0.15, 0.2) is 12.2 Å². The molecule has 0 heterocycles. The summed E-state index contributed by atoms with van der Waals surface area (Å²) in [5, 5.41) is 0. The van der Waals surface area contributed by atoms with Gasteiger partial charge in [0, 0.05) is 6.61 Å². The van der Waals surface area contributed by atoms with Gasteiger partial charge in [-0.15, -0.1) is 4.55 Å². The maximum atomic E-state index is 5.74. The van der Waals surface area contributed by atoms with Crippen LogP contribution in [0.4, 0.5) is 0 Å². The number of ether oxygens (including phenoxy) is 2. The molecule has 0 radical (unpaired) electrons. The van der Waals surface area contributed by atoms with Gasteiger partial charge in [-0.05, 0) is 12.8 Å². The Morgan fingerprint density at radius 3 is 2.14 bits per heavy atom. The Morgan fingerprint density at radius 1 is 0.810 bits per heavy atom. The van der Waals surface area contributed by atoms with Crippen molar-refractivity contribution in [1.29, 1.82) is 0 Å². The van der Waals surface area contributed by atoms with Gasteiger partial charge in [-0.25, -0.2) is 0 Å². The van der Waals surface area contributed by atoms with E-state index in [1.807, 2.05) is 0 Å². The first-order valence-electron chi connectivity index (χ1n) is 8.78. The van der Waals surface area contributed by atoms with Gasteiger partial charge >= 0.3 is 19.3 Å². The highest BCUT2D eigenvalue weighted by Gasteiger charge is 1.92. The van der Waals surface area contributed by atoms with Crippen LogP contribution in [0.5, 0.6) is 0 Å². The van der Waals surface area contributed by atoms with Crippen LogP contribution in [0.25, 0.3) is 0 Å². The number of allylic oxidation sites excluding steroid dienone is 1. The summed E-state index contributed by atoms with van der Waals surface area (Å²) in [5.74, 6) is 0. The van der Waals surface area contributed by atoms with E-state index in [1.54, 1.807) is 0 Å². The summed E-state index contributed by atoms with van der Waals surface area (Å²) in [6.07, 6.45) is 17.2. The second-order valence-electron chi connectivity index (χ2n) is 5.50. The lowest BCUT2D eigenvalue weighted by Gasteiger charge is -2.05. The van der Waals surface area contributed by atoms with Gasteiger partial charge in [0.1, 0.15) is 6.79 Å². The number of unbranched alkanes of at least 4 members (excludes halogenated alkanes) is 7. The lowest BCUT2D eigenvalue weighted by atomic mass is 10.1. The van der Waals surface area contributed by atoms with E-state index >= 15 is 0 Å². The Balaban J connectivity index is 2.98. The van der Waals surface area contributed by atoms with Gasteiger partial charge in [0.2, 0.25) is 0 Å². The number of rotatable bonds is 17. The molecule has 2 nitrogen and oxygen atoms in total. The minimum absolute atomic E-state index is 0.282. The van der Waals surface area contributed by atoms with Gasteiger partial charge in [0.15, 0.2) is 0 Å². The predicted octanol–water partition coefficient (Wildman–Crippen LogP) is 5.73. The minimum atomic E-state index is -0.282. The first kappa shape index (κ1) is 21.7. The lowest BCUT2D eigenvalue weighted by Crippen LogP contribution is -2.02. The van der Waals surface area contributed by atoms with Gasteiger partial charge in [-0.2, -0.15) is 0 Å². The van der Waals surface area contributed by atoms with Crippen LogP contribution >= 0.6 is 9.07 Å². The Hall–Kier alpha value is 0.716. The van der Waals surface area contributed by atoms with Crippen molar-refractivity contribution in [1.82, 2.24) is 0 Å². The fraction of sp³-hybridized carbons (Fsp3) is 0.882. The zero-order chi connectivity index (χ0) is 15.4. The van der Waals surface area contributed by atoms with Gasteiger partial charge in [0.25, 0.3) is 0 Å². The SMILES string of the molecule is CCCCCCCCCCOCOCC/C=C\C[CH2][Mg][Cl]. The molecule has 0 saturated carbocycles. The zero-order valence-electron chi connectivity index (χ0n) is 14.0. The molecular weight excluding hydrogens is 296 g/mol. The number of halogens is 1. The Labute approximate surface area is 145 Å². The summed E-state index contributed by atoms with van der Waals surface area (Å²) < 4.78 is 12.1. The van der Waals surface area contributed by atoms with Crippen LogP contribution in [0.3, 0.4) is 0 Å². The molecule has 0 aliphatic heterocycles. The maximum Gasteiger partial charge on any atom is 0.501 e. The van der Waals surface area contributed by atoms with Gasteiger partial charge in [0.05, 0.1) is 6.61 Å². The average Bonchev–Trinajstić information content (AvgIpc) is 2.50. The molecule has 122 valence electrons. The van der Waals surface area contributed by atoms with Gasteiger partial charge in [-0.3, -0.25) is 0 Å². The third kappa shape index (κ3) is 20.7. The first-order chi connectivity index (χ1) is 10.4. The monoisotopic (exact) mass is 328 g/mol. The molecule has 0 bridgehead atoms. The lowest BCUT2D eigenvalue weighted by molar-refractivity contribution is -0.0531. The second-order valence-corrected chi connectivity index (χ2v) is 7.72. The second kappa shape index (κ2) is 20.7. The highest BCUT2D eigenvalue weighted by atomic mass is 35.5. The van der Waals surface area contributed by atoms with Crippen molar-refractivity contribution in [3.63, 3.8) is 0 Å². The molecule has 0 saturated heterocycles. The van der Waals surface area contributed by atoms with E-state index < -0.39 is 0 Å². The topological polar surface area (TPSA) is 18.5 Å². The smallest absolute Gasteiger partial charge is 0.355 e. The Morgan fingerprint density at radius 2 is 1.43 bits per heavy atom. The summed E-state index contributed by atoms with van der Waals surface area (Å²) in [6, 6.07) is 0. The average molecular weight is 329 g/mol. The van der Waals surface area contributed by atoms with Crippen LogP contribution in [-0.4, -0.2) is 39.3 Å². The molecule has 0 aromatic heterocycles. The van der Waals surface area contributed by atoms with Crippen molar-refractivity contribution >= 4 is 28.3 Å². The zero-order valence-corrected chi connectivity index (χ0v) is 16.1. The largest absolute Gasteiger partial charge is 0.501 e. The van der Waals surface area contributed by atoms with E-state index in [2.05, 4.69) is 19.1 Å². The summed E-state index contributed by atoms with van der Waals surface area (Å²) >= 11 is -0.282. The molecule has 0 aliphatic rings. The summed E-state index contributed by atoms with van der Waals surface area (Å²) in [4.78, 5) is 0. The molecule has 0 aromatic carbocycles. The van der Waals surface area contributed by atoms with E-state index in [0.29, 0.717) is 6.79 Å². The molecule has 0 amide bonds. The molecular formula is C17H33ClMgO2. The standard InChI is InChI=1S/C17H33O2.ClH.Mg/c1-3-5-7-9-10-11-12-14-16-19-17-18-15-13-8-6-4-2;;/h6,8H,2-5,7,9-17H2,1H3;1H;/q;;+1/p-1/b8-6-;;. The van der Waals surface area contributed by atoms with Crippen molar-refractivity contribution in [3.8, 4) is 0 Å². The Bertz CT molecular complexity index is 213. The van der Waals surface area contributed by atoms with Crippen molar-refractivity contribution in [2.24, 2.45) is 0 Å². The molecule has 4 heteroatoms. The van der Waals surface area contributed by atoms with Gasteiger partial charge in [-0.1, -0.05) is 70.4 Å². The van der Waals surface area contributed by atoms with Crippen molar-refractivity contribution < 1.29 is 9.47 Å². The van der Waals surface area contributed by atoms with Crippen LogP contribution in [0, 0.1) is 0 Å². The van der Waals surface area contributed by atoms with Crippen LogP contribution in [-0.2, 0) is 9.47 Å². The maximum absolute atomic E-state index is 5.74. The van der Waals surface area contributed by atoms with Crippen LogP contribution < -0.4 is 0 Å². The molecule has 0 aromatic rings. The molecule has 0 spiro atoms. The van der Waals surface area contributed by atoms with Crippen LogP contribution in [0.1, 0.15) is 71.1 Å². The Kier molecular flexibility index (Phi) is 21.4. The fourth-order valence-electron chi connectivity index (χ4n) is 2.10. The third-order valence-corrected chi connectivity index (χ3v) is 4.89. The number of hydrogen-bond acceptors (Lipinski definition) is 2. The van der Waals surface area contributed by atoms with E-state index in [-0.39, 0.29) is 19.3 Å². The summed E-state index contributed by atoms with van der Waals surface area (Å²) in [5.41, 5.74) is 0. The van der Waals surface area contributed by atoms with Crippen LogP contribution in [0.2, 0.25) is 4.55 Å². The van der Waals surface area contributed by atoms with Crippen molar-refractivity contribution in [3.05, 3.63) is 12.2 Å². The predicted molar refractivity (Wildman–Crippen MR) is 94.2 cm³/mol. The molecule has 0 fully saturated rings. The highest BCUT2D eigenvalue weighted by molar-refractivity contribution is 6.93. The summed E-state index contributed by atoms with van der Waals surface area (Å²) in [6.45, 7) is 4.30. The molecule has 0 atom stereocenters. The van der Waals surface area contributed by atoms with Gasteiger partial charge < -0.3 is 18.5 Å². The highest BCUT2D eigenvalue weighted by Crippen LogP contribution is 2.08. The van der Waals surface area contributed by atoms with E-state index in [9.17, 15) is 0 Å². The molecule has 0 unspecified atom stereocenters. The van der Waals surface area contributed by atoms with E-state index in [1.165, 1.54) is 55.9 Å². The molecule has 0 rings (SSSR count).